The molecule has 5 heteroatoms. The van der Waals surface area contributed by atoms with Crippen molar-refractivity contribution in [1.82, 2.24) is 5.32 Å². The first-order chi connectivity index (χ1) is 8.61. The van der Waals surface area contributed by atoms with Gasteiger partial charge in [0.2, 0.25) is 0 Å². The molecular weight excluding hydrogens is 234 g/mol. The summed E-state index contributed by atoms with van der Waals surface area (Å²) in [6.07, 6.45) is 4.26. The predicted molar refractivity (Wildman–Crippen MR) is 69.5 cm³/mol. The molecule has 0 aromatic carbocycles. The maximum absolute atomic E-state index is 11.2. The lowest BCUT2D eigenvalue weighted by Crippen LogP contribution is -2.26. The van der Waals surface area contributed by atoms with Crippen molar-refractivity contribution in [2.24, 2.45) is 5.92 Å². The van der Waals surface area contributed by atoms with Crippen molar-refractivity contribution in [3.05, 3.63) is 0 Å². The van der Waals surface area contributed by atoms with Crippen molar-refractivity contribution in [1.29, 1.82) is 0 Å². The average Bonchev–Trinajstić information content (AvgIpc) is 2.33. The van der Waals surface area contributed by atoms with E-state index in [0.29, 0.717) is 32.4 Å². The number of hydrogen-bond acceptors (Lipinski definition) is 3. The third-order valence-electron chi connectivity index (χ3n) is 2.72. The van der Waals surface area contributed by atoms with Crippen LogP contribution in [0.4, 0.5) is 4.79 Å². The van der Waals surface area contributed by atoms with Gasteiger partial charge in [-0.15, -0.1) is 0 Å². The van der Waals surface area contributed by atoms with E-state index in [1.807, 2.05) is 13.8 Å². The van der Waals surface area contributed by atoms with Gasteiger partial charge >= 0.3 is 12.1 Å². The topological polar surface area (TPSA) is 75.6 Å². The fourth-order valence-electron chi connectivity index (χ4n) is 1.64. The summed E-state index contributed by atoms with van der Waals surface area (Å²) in [5, 5.41) is 11.6. The summed E-state index contributed by atoms with van der Waals surface area (Å²) < 4.78 is 4.92. The number of amides is 1. The molecule has 0 heterocycles. The minimum atomic E-state index is -0.748. The molecule has 0 saturated heterocycles. The molecule has 0 saturated carbocycles. The maximum atomic E-state index is 11.2. The summed E-state index contributed by atoms with van der Waals surface area (Å²) in [5.41, 5.74) is 0. The number of aliphatic carboxylic acids is 1. The Balaban J connectivity index is 3.58. The van der Waals surface area contributed by atoms with E-state index in [2.05, 4.69) is 5.32 Å². The van der Waals surface area contributed by atoms with Gasteiger partial charge in [-0.05, 0) is 25.7 Å². The molecule has 0 spiro atoms. The van der Waals surface area contributed by atoms with Crippen LogP contribution in [0.15, 0.2) is 0 Å². The highest BCUT2D eigenvalue weighted by molar-refractivity contribution is 5.70. The third-order valence-corrected chi connectivity index (χ3v) is 2.72. The van der Waals surface area contributed by atoms with Crippen LogP contribution >= 0.6 is 0 Å². The number of carboxylic acids is 1. The zero-order valence-corrected chi connectivity index (χ0v) is 11.4. The van der Waals surface area contributed by atoms with E-state index < -0.39 is 12.1 Å². The van der Waals surface area contributed by atoms with Crippen molar-refractivity contribution >= 4 is 12.1 Å². The fraction of sp³-hybridized carbons (Fsp3) is 0.846. The zero-order valence-electron chi connectivity index (χ0n) is 11.4. The third kappa shape index (κ3) is 8.84. The van der Waals surface area contributed by atoms with Gasteiger partial charge in [-0.1, -0.05) is 26.7 Å². The highest BCUT2D eigenvalue weighted by Crippen LogP contribution is 2.13. The van der Waals surface area contributed by atoms with E-state index in [9.17, 15) is 9.59 Å². The molecule has 106 valence electrons. The molecule has 0 aliphatic carbocycles. The molecule has 0 aromatic rings. The van der Waals surface area contributed by atoms with E-state index >= 15 is 0 Å². The summed E-state index contributed by atoms with van der Waals surface area (Å²) in [5.74, 6) is -1.05. The lowest BCUT2D eigenvalue weighted by molar-refractivity contribution is -0.142. The molecular formula is C13H25NO4. The molecule has 1 atom stereocenters. The van der Waals surface area contributed by atoms with Gasteiger partial charge in [0.25, 0.3) is 0 Å². The Morgan fingerprint density at radius 1 is 1.17 bits per heavy atom. The minimum absolute atomic E-state index is 0.298. The standard InChI is InChI=1S/C13H25NO4/c1-3-5-10-18-13(17)14-9-6-8-11(7-4-2)12(15)16/h11H,3-10H2,1-2H3,(H,14,17)(H,15,16). The highest BCUT2D eigenvalue weighted by Gasteiger charge is 2.15. The number of carbonyl (C=O) groups is 2. The molecule has 0 radical (unpaired) electrons. The SMILES string of the molecule is CCCCOC(=O)NCCCC(CCC)C(=O)O. The monoisotopic (exact) mass is 259 g/mol. The predicted octanol–water partition coefficient (Wildman–Crippen LogP) is 2.79. The summed E-state index contributed by atoms with van der Waals surface area (Å²) >= 11 is 0. The number of carboxylic acid groups (broad SMARTS) is 1. The lowest BCUT2D eigenvalue weighted by atomic mass is 9.98. The molecule has 0 aliphatic heterocycles. The molecule has 0 aromatic heterocycles. The van der Waals surface area contributed by atoms with Gasteiger partial charge in [-0.25, -0.2) is 4.79 Å². The zero-order chi connectivity index (χ0) is 13.8. The number of unbranched alkanes of at least 4 members (excludes halogenated alkanes) is 1. The number of ether oxygens (including phenoxy) is 1. The van der Waals surface area contributed by atoms with Crippen LogP contribution in [0.3, 0.4) is 0 Å². The van der Waals surface area contributed by atoms with Crippen LogP contribution in [0.25, 0.3) is 0 Å². The Labute approximate surface area is 109 Å². The lowest BCUT2D eigenvalue weighted by Gasteiger charge is -2.11. The van der Waals surface area contributed by atoms with Gasteiger partial charge in [0.1, 0.15) is 0 Å². The Morgan fingerprint density at radius 3 is 2.44 bits per heavy atom. The summed E-state index contributed by atoms with van der Waals surface area (Å²) in [6, 6.07) is 0. The molecule has 0 rings (SSSR count). The van der Waals surface area contributed by atoms with Crippen LogP contribution in [-0.4, -0.2) is 30.3 Å². The van der Waals surface area contributed by atoms with E-state index in [1.165, 1.54) is 0 Å². The van der Waals surface area contributed by atoms with Crippen LogP contribution in [0.2, 0.25) is 0 Å². The summed E-state index contributed by atoms with van der Waals surface area (Å²) in [4.78, 5) is 22.1. The van der Waals surface area contributed by atoms with Gasteiger partial charge in [0.15, 0.2) is 0 Å². The van der Waals surface area contributed by atoms with Crippen molar-refractivity contribution < 1.29 is 19.4 Å². The second-order valence-corrected chi connectivity index (χ2v) is 4.38. The van der Waals surface area contributed by atoms with E-state index in [1.54, 1.807) is 0 Å². The van der Waals surface area contributed by atoms with Crippen LogP contribution in [0.1, 0.15) is 52.4 Å². The van der Waals surface area contributed by atoms with Gasteiger partial charge in [-0.3, -0.25) is 4.79 Å². The van der Waals surface area contributed by atoms with E-state index in [0.717, 1.165) is 19.3 Å². The van der Waals surface area contributed by atoms with Gasteiger partial charge < -0.3 is 15.2 Å². The second kappa shape index (κ2) is 10.9. The van der Waals surface area contributed by atoms with Gasteiger partial charge in [0.05, 0.1) is 12.5 Å². The number of carbonyl (C=O) groups excluding carboxylic acids is 1. The Bertz CT molecular complexity index is 243. The molecule has 0 aliphatic rings. The smallest absolute Gasteiger partial charge is 0.407 e. The fourth-order valence-corrected chi connectivity index (χ4v) is 1.64. The molecule has 0 fully saturated rings. The van der Waals surface area contributed by atoms with Crippen LogP contribution in [0, 0.1) is 5.92 Å². The Morgan fingerprint density at radius 2 is 1.89 bits per heavy atom. The van der Waals surface area contributed by atoms with Crippen LogP contribution in [-0.2, 0) is 9.53 Å². The maximum Gasteiger partial charge on any atom is 0.407 e. The summed E-state index contributed by atoms with van der Waals surface area (Å²) in [7, 11) is 0. The highest BCUT2D eigenvalue weighted by atomic mass is 16.5. The number of rotatable bonds is 10. The van der Waals surface area contributed by atoms with Crippen molar-refractivity contribution in [2.45, 2.75) is 52.4 Å². The van der Waals surface area contributed by atoms with Crippen LogP contribution < -0.4 is 5.32 Å². The molecule has 2 N–H and O–H groups in total. The second-order valence-electron chi connectivity index (χ2n) is 4.38. The van der Waals surface area contributed by atoms with E-state index in [4.69, 9.17) is 9.84 Å². The molecule has 1 unspecified atom stereocenters. The Kier molecular flexibility index (Phi) is 10.1. The number of nitrogens with one attached hydrogen (secondary N) is 1. The quantitative estimate of drug-likeness (QED) is 0.591. The first kappa shape index (κ1) is 16.7. The van der Waals surface area contributed by atoms with Crippen LogP contribution in [0.5, 0.6) is 0 Å². The van der Waals surface area contributed by atoms with Gasteiger partial charge in [0, 0.05) is 6.54 Å². The minimum Gasteiger partial charge on any atom is -0.481 e. The average molecular weight is 259 g/mol. The van der Waals surface area contributed by atoms with Crippen molar-refractivity contribution in [2.75, 3.05) is 13.2 Å². The van der Waals surface area contributed by atoms with E-state index in [-0.39, 0.29) is 5.92 Å². The number of alkyl carbamates (subject to hydrolysis) is 1. The molecule has 1 amide bonds. The largest absolute Gasteiger partial charge is 0.481 e. The number of hydrogen-bond donors (Lipinski definition) is 2. The van der Waals surface area contributed by atoms with Gasteiger partial charge in [-0.2, -0.15) is 0 Å². The molecule has 18 heavy (non-hydrogen) atoms. The first-order valence-corrected chi connectivity index (χ1v) is 6.75. The Hall–Kier alpha value is -1.26. The first-order valence-electron chi connectivity index (χ1n) is 6.75. The summed E-state index contributed by atoms with van der Waals surface area (Å²) in [6.45, 7) is 4.91. The molecule has 5 nitrogen and oxygen atoms in total. The molecule has 0 bridgehead atoms. The normalized spacial score (nSPS) is 11.9. The van der Waals surface area contributed by atoms with Crippen molar-refractivity contribution in [3.8, 4) is 0 Å². The van der Waals surface area contributed by atoms with Crippen molar-refractivity contribution in [3.63, 3.8) is 0 Å².